The van der Waals surface area contributed by atoms with E-state index in [4.69, 9.17) is 0 Å². The Morgan fingerprint density at radius 2 is 2.28 bits per heavy atom. The highest BCUT2D eigenvalue weighted by atomic mass is 15.6. The predicted molar refractivity (Wildman–Crippen MR) is 70.3 cm³/mol. The second-order valence-electron chi connectivity index (χ2n) is 5.30. The van der Waals surface area contributed by atoms with Crippen LogP contribution in [0.2, 0.25) is 0 Å². The zero-order valence-electron chi connectivity index (χ0n) is 10.9. The van der Waals surface area contributed by atoms with Crippen molar-refractivity contribution in [1.29, 1.82) is 0 Å². The third-order valence-electron chi connectivity index (χ3n) is 4.04. The Bertz CT molecular complexity index is 527. The maximum absolute atomic E-state index is 4.69. The van der Waals surface area contributed by atoms with Gasteiger partial charge in [0.25, 0.3) is 5.96 Å². The first-order chi connectivity index (χ1) is 8.75. The fourth-order valence-electron chi connectivity index (χ4n) is 3.23. The molecular weight excluding hydrogens is 226 g/mol. The van der Waals surface area contributed by atoms with Gasteiger partial charge in [0.15, 0.2) is 6.17 Å². The van der Waals surface area contributed by atoms with Crippen LogP contribution in [0.1, 0.15) is 6.92 Å². The maximum Gasteiger partial charge on any atom is 0.360 e. The molecule has 1 atom stereocenters. The topological polar surface area (TPSA) is 25.1 Å². The van der Waals surface area contributed by atoms with E-state index >= 15 is 0 Å². The summed E-state index contributed by atoms with van der Waals surface area (Å²) in [5, 5.41) is 0. The summed E-state index contributed by atoms with van der Waals surface area (Å²) in [5.41, 5.74) is 1.29. The fraction of sp³-hybridized carbons (Fsp3) is 0.538. The monoisotopic (exact) mass is 244 g/mol. The molecule has 0 aliphatic carbocycles. The van der Waals surface area contributed by atoms with Crippen LogP contribution in [0.15, 0.2) is 28.9 Å². The lowest BCUT2D eigenvalue weighted by molar-refractivity contribution is -0.491. The van der Waals surface area contributed by atoms with Gasteiger partial charge in [0, 0.05) is 6.20 Å². The average molecular weight is 244 g/mol. The third-order valence-corrected chi connectivity index (χ3v) is 4.04. The van der Waals surface area contributed by atoms with Crippen LogP contribution >= 0.6 is 0 Å². The van der Waals surface area contributed by atoms with E-state index in [0.717, 1.165) is 32.1 Å². The van der Waals surface area contributed by atoms with Gasteiger partial charge in [0.2, 0.25) is 0 Å². The van der Waals surface area contributed by atoms with Gasteiger partial charge in [-0.3, -0.25) is 9.48 Å². The third kappa shape index (κ3) is 1.16. The average Bonchev–Trinajstić information content (AvgIpc) is 2.95. The first-order valence-electron chi connectivity index (χ1n) is 6.57. The van der Waals surface area contributed by atoms with Crippen LogP contribution in [-0.2, 0) is 0 Å². The van der Waals surface area contributed by atoms with Gasteiger partial charge in [-0.15, -0.1) is 0 Å². The smallest absolute Gasteiger partial charge is 0.268 e. The first-order valence-corrected chi connectivity index (χ1v) is 6.57. The second kappa shape index (κ2) is 3.37. The van der Waals surface area contributed by atoms with E-state index in [0.29, 0.717) is 6.17 Å². The highest BCUT2D eigenvalue weighted by Crippen LogP contribution is 2.28. The van der Waals surface area contributed by atoms with Crippen LogP contribution in [0.3, 0.4) is 0 Å². The van der Waals surface area contributed by atoms with Gasteiger partial charge in [-0.1, -0.05) is 6.08 Å². The summed E-state index contributed by atoms with van der Waals surface area (Å²) in [4.78, 5) is 11.8. The Balaban J connectivity index is 1.85. The van der Waals surface area contributed by atoms with Crippen LogP contribution in [-0.4, -0.2) is 70.6 Å². The van der Waals surface area contributed by atoms with Crippen molar-refractivity contribution in [3.8, 4) is 0 Å². The molecule has 18 heavy (non-hydrogen) atoms. The number of hydrogen-bond acceptors (Lipinski definition) is 4. The highest BCUT2D eigenvalue weighted by molar-refractivity contribution is 6.01. The molecule has 0 radical (unpaired) electrons. The zero-order chi connectivity index (χ0) is 12.3. The molecule has 0 aromatic heterocycles. The molecule has 4 rings (SSSR count). The van der Waals surface area contributed by atoms with Crippen LogP contribution in [0.25, 0.3) is 0 Å². The molecule has 1 unspecified atom stereocenters. The quantitative estimate of drug-likeness (QED) is 0.565. The number of nitrogens with zero attached hydrogens (tertiary/aromatic N) is 5. The van der Waals surface area contributed by atoms with Crippen molar-refractivity contribution in [1.82, 2.24) is 14.7 Å². The SMILES string of the molecule is CC1=CN2C3=NCCN3C3=[N+](C)CCN3C2C=C1. The van der Waals surface area contributed by atoms with Crippen molar-refractivity contribution in [2.45, 2.75) is 13.1 Å². The summed E-state index contributed by atoms with van der Waals surface area (Å²) < 4.78 is 2.34. The van der Waals surface area contributed by atoms with E-state index in [-0.39, 0.29) is 0 Å². The number of allylic oxidation sites excluding steroid dienone is 2. The van der Waals surface area contributed by atoms with Crippen LogP contribution in [0, 0.1) is 0 Å². The largest absolute Gasteiger partial charge is 0.360 e. The first kappa shape index (κ1) is 10.2. The second-order valence-corrected chi connectivity index (χ2v) is 5.30. The molecule has 0 amide bonds. The molecule has 4 heterocycles. The normalized spacial score (nSPS) is 29.2. The highest BCUT2D eigenvalue weighted by Gasteiger charge is 2.50. The summed E-state index contributed by atoms with van der Waals surface area (Å²) in [6.07, 6.45) is 7.02. The molecule has 1 saturated heterocycles. The summed E-state index contributed by atoms with van der Waals surface area (Å²) in [6, 6.07) is 0. The Morgan fingerprint density at radius 3 is 3.17 bits per heavy atom. The molecule has 0 aromatic rings. The standard InChI is InChI=1S/C13H18N5/c1-10-3-4-11-16-8-7-15(2)13(16)17-6-5-14-12(17)18(11)9-10/h3-4,9,11H,5-8H2,1-2H3/q+1. The number of likely N-dealkylation sites (N-methyl/N-ethyl adjacent to an activating group) is 1. The van der Waals surface area contributed by atoms with E-state index in [1.165, 1.54) is 11.5 Å². The van der Waals surface area contributed by atoms with Crippen LogP contribution in [0.4, 0.5) is 0 Å². The van der Waals surface area contributed by atoms with Gasteiger partial charge in [-0.2, -0.15) is 4.90 Å². The Kier molecular flexibility index (Phi) is 1.90. The van der Waals surface area contributed by atoms with Gasteiger partial charge >= 0.3 is 5.96 Å². The Morgan fingerprint density at radius 1 is 1.39 bits per heavy atom. The summed E-state index contributed by atoms with van der Waals surface area (Å²) >= 11 is 0. The lowest BCUT2D eigenvalue weighted by atomic mass is 10.1. The number of fused-ring (bicyclic) bond motifs is 6. The summed E-state index contributed by atoms with van der Waals surface area (Å²) in [5.74, 6) is 2.44. The molecule has 94 valence electrons. The number of rotatable bonds is 0. The van der Waals surface area contributed by atoms with Crippen molar-refractivity contribution >= 4 is 11.9 Å². The van der Waals surface area contributed by atoms with E-state index in [2.05, 4.69) is 56.6 Å². The molecule has 0 bridgehead atoms. The fourth-order valence-corrected chi connectivity index (χ4v) is 3.23. The van der Waals surface area contributed by atoms with Crippen molar-refractivity contribution in [3.05, 3.63) is 23.9 Å². The van der Waals surface area contributed by atoms with Crippen molar-refractivity contribution in [3.63, 3.8) is 0 Å². The molecule has 4 aliphatic heterocycles. The minimum atomic E-state index is 0.307. The lowest BCUT2D eigenvalue weighted by Crippen LogP contribution is -2.64. The van der Waals surface area contributed by atoms with E-state index in [1.54, 1.807) is 0 Å². The van der Waals surface area contributed by atoms with E-state index in [1.807, 2.05) is 0 Å². The maximum atomic E-state index is 4.69. The predicted octanol–water partition coefficient (Wildman–Crippen LogP) is 0.0872. The minimum absolute atomic E-state index is 0.307. The number of hydrogen-bond donors (Lipinski definition) is 0. The molecule has 0 spiro atoms. The Hall–Kier alpha value is -1.78. The molecule has 0 N–H and O–H groups in total. The molecule has 4 aliphatic rings. The van der Waals surface area contributed by atoms with Crippen LogP contribution < -0.4 is 0 Å². The van der Waals surface area contributed by atoms with Crippen molar-refractivity contribution in [2.75, 3.05) is 33.2 Å². The van der Waals surface area contributed by atoms with Gasteiger partial charge in [-0.25, -0.2) is 9.89 Å². The van der Waals surface area contributed by atoms with E-state index < -0.39 is 0 Å². The minimum Gasteiger partial charge on any atom is -0.268 e. The van der Waals surface area contributed by atoms with Crippen molar-refractivity contribution < 1.29 is 4.58 Å². The molecule has 1 fully saturated rings. The lowest BCUT2D eigenvalue weighted by Gasteiger charge is -2.41. The molecular formula is C13H18N5+. The Labute approximate surface area is 107 Å². The molecule has 0 saturated carbocycles. The van der Waals surface area contributed by atoms with Gasteiger partial charge < -0.3 is 0 Å². The molecule has 5 heteroatoms. The van der Waals surface area contributed by atoms with Crippen molar-refractivity contribution in [2.24, 2.45) is 4.99 Å². The van der Waals surface area contributed by atoms with Gasteiger partial charge in [0.1, 0.15) is 0 Å². The zero-order valence-corrected chi connectivity index (χ0v) is 10.9. The van der Waals surface area contributed by atoms with Crippen LogP contribution in [0.5, 0.6) is 0 Å². The molecule has 5 nitrogen and oxygen atoms in total. The summed E-state index contributed by atoms with van der Waals surface area (Å²) in [6.45, 7) is 6.24. The summed E-state index contributed by atoms with van der Waals surface area (Å²) in [7, 11) is 2.18. The van der Waals surface area contributed by atoms with Gasteiger partial charge in [0.05, 0.1) is 33.2 Å². The molecule has 0 aromatic carbocycles. The van der Waals surface area contributed by atoms with E-state index in [9.17, 15) is 0 Å². The number of guanidine groups is 2. The number of aliphatic imine (C=N–C) groups is 1. The van der Waals surface area contributed by atoms with Gasteiger partial charge in [-0.05, 0) is 18.6 Å².